The van der Waals surface area contributed by atoms with Crippen molar-refractivity contribution >= 4 is 11.6 Å². The fraction of sp³-hybridized carbons (Fsp3) is 0.357. The van der Waals surface area contributed by atoms with Gasteiger partial charge in [-0.2, -0.15) is 5.10 Å². The first-order valence-corrected chi connectivity index (χ1v) is 6.77. The molecule has 1 fully saturated rings. The van der Waals surface area contributed by atoms with Crippen LogP contribution < -0.4 is 0 Å². The van der Waals surface area contributed by atoms with Gasteiger partial charge in [0.15, 0.2) is 0 Å². The molecule has 100 valence electrons. The largest absolute Gasteiger partial charge is 0.277 e. The summed E-state index contributed by atoms with van der Waals surface area (Å²) in [6.07, 6.45) is 5.71. The molecular weight excluding hydrogens is 265 g/mol. The Morgan fingerprint density at radius 1 is 1.32 bits per heavy atom. The minimum absolute atomic E-state index is 0.188. The van der Waals surface area contributed by atoms with Gasteiger partial charge in [-0.1, -0.05) is 23.7 Å². The van der Waals surface area contributed by atoms with Gasteiger partial charge in [-0.3, -0.25) is 9.58 Å². The highest BCUT2D eigenvalue weighted by Gasteiger charge is 2.26. The number of likely N-dealkylation sites (tertiary alicyclic amines) is 1. The van der Waals surface area contributed by atoms with Crippen molar-refractivity contribution in [2.24, 2.45) is 0 Å². The smallest absolute Gasteiger partial charge is 0.123 e. The number of halogens is 2. The van der Waals surface area contributed by atoms with E-state index in [0.29, 0.717) is 11.1 Å². The molecule has 0 N–H and O–H groups in total. The number of nitrogens with zero attached hydrogens (tertiary/aromatic N) is 3. The van der Waals surface area contributed by atoms with E-state index < -0.39 is 0 Å². The third kappa shape index (κ3) is 2.80. The minimum atomic E-state index is -0.188. The Kier molecular flexibility index (Phi) is 3.53. The molecule has 1 aliphatic rings. The van der Waals surface area contributed by atoms with Crippen LogP contribution >= 0.6 is 11.6 Å². The van der Waals surface area contributed by atoms with Gasteiger partial charge in [-0.05, 0) is 30.5 Å². The molecular formula is C14H15ClFN3. The lowest BCUT2D eigenvalue weighted by atomic mass is 10.0. The van der Waals surface area contributed by atoms with E-state index in [1.165, 1.54) is 12.1 Å². The van der Waals surface area contributed by atoms with Gasteiger partial charge in [0.2, 0.25) is 0 Å². The van der Waals surface area contributed by atoms with Gasteiger partial charge in [0.05, 0.1) is 17.9 Å². The SMILES string of the molecule is Fc1ccc(C2CCCN2Cn2cc(Cl)cn2)cc1. The zero-order valence-electron chi connectivity index (χ0n) is 10.5. The van der Waals surface area contributed by atoms with Crippen LogP contribution in [0.5, 0.6) is 0 Å². The van der Waals surface area contributed by atoms with Gasteiger partial charge in [0.25, 0.3) is 0 Å². The van der Waals surface area contributed by atoms with Crippen molar-refractivity contribution in [1.29, 1.82) is 0 Å². The Morgan fingerprint density at radius 3 is 2.79 bits per heavy atom. The Hall–Kier alpha value is -1.39. The van der Waals surface area contributed by atoms with E-state index >= 15 is 0 Å². The first-order chi connectivity index (χ1) is 9.22. The standard InChI is InChI=1S/C14H15ClFN3/c15-12-8-17-19(9-12)10-18-7-1-2-14(18)11-3-5-13(16)6-4-11/h3-6,8-9,14H,1-2,7,10H2. The Morgan fingerprint density at radius 2 is 2.11 bits per heavy atom. The van der Waals surface area contributed by atoms with Crippen molar-refractivity contribution in [2.45, 2.75) is 25.6 Å². The molecule has 0 radical (unpaired) electrons. The molecule has 1 saturated heterocycles. The molecule has 1 aliphatic heterocycles. The summed E-state index contributed by atoms with van der Waals surface area (Å²) in [5.74, 6) is -0.188. The summed E-state index contributed by atoms with van der Waals surface area (Å²) in [5.41, 5.74) is 1.16. The summed E-state index contributed by atoms with van der Waals surface area (Å²) in [6.45, 7) is 1.74. The van der Waals surface area contributed by atoms with Crippen LogP contribution in [-0.4, -0.2) is 21.2 Å². The lowest BCUT2D eigenvalue weighted by Gasteiger charge is -2.24. The molecule has 1 unspecified atom stereocenters. The fourth-order valence-corrected chi connectivity index (χ4v) is 2.82. The summed E-state index contributed by atoms with van der Waals surface area (Å²) >= 11 is 5.87. The van der Waals surface area contributed by atoms with Crippen LogP contribution in [0.25, 0.3) is 0 Å². The first-order valence-electron chi connectivity index (χ1n) is 6.40. The van der Waals surface area contributed by atoms with Gasteiger partial charge >= 0.3 is 0 Å². The summed E-state index contributed by atoms with van der Waals surface area (Å²) in [4.78, 5) is 2.34. The highest BCUT2D eigenvalue weighted by molar-refractivity contribution is 6.30. The lowest BCUT2D eigenvalue weighted by Crippen LogP contribution is -2.26. The molecule has 1 aromatic heterocycles. The van der Waals surface area contributed by atoms with Crippen LogP contribution in [0.3, 0.4) is 0 Å². The molecule has 1 aromatic carbocycles. The molecule has 3 rings (SSSR count). The van der Waals surface area contributed by atoms with E-state index in [9.17, 15) is 4.39 Å². The third-order valence-electron chi connectivity index (χ3n) is 3.55. The van der Waals surface area contributed by atoms with E-state index in [0.717, 1.165) is 31.6 Å². The summed E-state index contributed by atoms with van der Waals surface area (Å²) in [6, 6.07) is 7.12. The van der Waals surface area contributed by atoms with Gasteiger partial charge < -0.3 is 0 Å². The number of hydrogen-bond donors (Lipinski definition) is 0. The quantitative estimate of drug-likeness (QED) is 0.858. The zero-order chi connectivity index (χ0) is 13.2. The average molecular weight is 280 g/mol. The minimum Gasteiger partial charge on any atom is -0.277 e. The van der Waals surface area contributed by atoms with E-state index in [1.807, 2.05) is 23.0 Å². The van der Waals surface area contributed by atoms with E-state index in [1.54, 1.807) is 6.20 Å². The Labute approximate surface area is 116 Å². The normalized spacial score (nSPS) is 20.0. The van der Waals surface area contributed by atoms with Gasteiger partial charge in [0.1, 0.15) is 5.82 Å². The van der Waals surface area contributed by atoms with Crippen LogP contribution in [0.1, 0.15) is 24.4 Å². The van der Waals surface area contributed by atoms with Crippen LogP contribution in [0.4, 0.5) is 4.39 Å². The van der Waals surface area contributed by atoms with Gasteiger partial charge in [-0.15, -0.1) is 0 Å². The average Bonchev–Trinajstić information content (AvgIpc) is 3.00. The molecule has 0 spiro atoms. The van der Waals surface area contributed by atoms with Crippen molar-refractivity contribution in [1.82, 2.24) is 14.7 Å². The second kappa shape index (κ2) is 5.31. The number of aromatic nitrogens is 2. The summed E-state index contributed by atoms with van der Waals surface area (Å²) in [5, 5.41) is 4.86. The van der Waals surface area contributed by atoms with E-state index in [4.69, 9.17) is 11.6 Å². The fourth-order valence-electron chi connectivity index (χ4n) is 2.66. The molecule has 2 aromatic rings. The molecule has 0 aliphatic carbocycles. The van der Waals surface area contributed by atoms with Gasteiger partial charge in [-0.25, -0.2) is 4.39 Å². The van der Waals surface area contributed by atoms with Crippen molar-refractivity contribution in [2.75, 3.05) is 6.54 Å². The van der Waals surface area contributed by atoms with Crippen molar-refractivity contribution in [3.8, 4) is 0 Å². The van der Waals surface area contributed by atoms with Gasteiger partial charge in [0, 0.05) is 18.8 Å². The lowest BCUT2D eigenvalue weighted by molar-refractivity contribution is 0.191. The summed E-state index contributed by atoms with van der Waals surface area (Å²) < 4.78 is 14.8. The van der Waals surface area contributed by atoms with Crippen LogP contribution in [0, 0.1) is 5.82 Å². The molecule has 1 atom stereocenters. The maximum absolute atomic E-state index is 13.0. The zero-order valence-corrected chi connectivity index (χ0v) is 11.2. The van der Waals surface area contributed by atoms with E-state index in [-0.39, 0.29) is 5.82 Å². The monoisotopic (exact) mass is 279 g/mol. The second-order valence-electron chi connectivity index (χ2n) is 4.86. The maximum atomic E-state index is 13.0. The van der Waals surface area contributed by atoms with Crippen molar-refractivity contribution in [3.63, 3.8) is 0 Å². The second-order valence-corrected chi connectivity index (χ2v) is 5.30. The van der Waals surface area contributed by atoms with Crippen LogP contribution in [0.2, 0.25) is 5.02 Å². The Bertz CT molecular complexity index is 552. The summed E-state index contributed by atoms with van der Waals surface area (Å²) in [7, 11) is 0. The van der Waals surface area contributed by atoms with Crippen molar-refractivity contribution < 1.29 is 4.39 Å². The van der Waals surface area contributed by atoms with Crippen LogP contribution in [0.15, 0.2) is 36.7 Å². The molecule has 0 bridgehead atoms. The number of rotatable bonds is 3. The number of benzene rings is 1. The van der Waals surface area contributed by atoms with Crippen molar-refractivity contribution in [3.05, 3.63) is 53.1 Å². The predicted molar refractivity (Wildman–Crippen MR) is 72.3 cm³/mol. The molecule has 5 heteroatoms. The van der Waals surface area contributed by atoms with E-state index in [2.05, 4.69) is 10.00 Å². The molecule has 2 heterocycles. The molecule has 3 nitrogen and oxygen atoms in total. The highest BCUT2D eigenvalue weighted by atomic mass is 35.5. The molecule has 0 saturated carbocycles. The van der Waals surface area contributed by atoms with Crippen LogP contribution in [-0.2, 0) is 6.67 Å². The first kappa shape index (κ1) is 12.6. The highest BCUT2D eigenvalue weighted by Crippen LogP contribution is 2.32. The topological polar surface area (TPSA) is 21.1 Å². The molecule has 19 heavy (non-hydrogen) atoms. The maximum Gasteiger partial charge on any atom is 0.123 e. The number of hydrogen-bond acceptors (Lipinski definition) is 2. The Balaban J connectivity index is 1.76. The molecule has 0 amide bonds. The predicted octanol–water partition coefficient (Wildman–Crippen LogP) is 3.47. The third-order valence-corrected chi connectivity index (χ3v) is 3.74.